The molecule has 0 spiro atoms. The SMILES string of the molecule is CC(C)c1cccc(C(C)C)c1N1c2ccccc2[N-]C1c1[c-]cc2sc3ccccc3c2c1.[2H]C([2H])([2H])c1c[c-]c(-c2cc(C([2H])([2H])C(C)(C)C)c([Si](C)(C)C)cn2)cc1.[Ir+3]. The first-order chi connectivity index (χ1) is 28.6. The number of para-hydroxylation sites is 3. The van der Waals surface area contributed by atoms with E-state index in [2.05, 4.69) is 148 Å². The molecule has 0 aliphatic carbocycles. The molecule has 1 atom stereocenters. The molecule has 6 heteroatoms. The molecule has 1 unspecified atom stereocenters. The molecule has 0 saturated carbocycles. The van der Waals surface area contributed by atoms with E-state index in [0.29, 0.717) is 28.7 Å². The number of thiophene rings is 1. The van der Waals surface area contributed by atoms with Crippen molar-refractivity contribution in [2.75, 3.05) is 4.90 Å². The maximum Gasteiger partial charge on any atom is 3.00 e. The first-order valence-electron chi connectivity index (χ1n) is 22.2. The van der Waals surface area contributed by atoms with E-state index in [1.165, 1.54) is 48.7 Å². The molecule has 5 aromatic carbocycles. The standard InChI is InChI=1S/C31H28N2S.C20H28NSi.Ir/c1-19(2)22-11-9-12-23(20(3)4)30(22)33-27-14-7-6-13-26(27)32-31(33)21-16-17-29-25(18-21)24-10-5-8-15-28(24)34-29;1-15-8-10-16(11-9-15)18-12-17(13-20(2,3)4)19(14-21-18)22(5,6)7;/h5-15,17-20,31H,1-4H3;8-10,12,14H,13H2,1-7H3;/q-2;-1;+3/i;1D3,13D2;. The minimum atomic E-state index is -2.17. The Hall–Kier alpha value is -4.06. The third-order valence-electron chi connectivity index (χ3n) is 10.2. The fourth-order valence-electron chi connectivity index (χ4n) is 7.47. The Morgan fingerprint density at radius 3 is 2.19 bits per heavy atom. The van der Waals surface area contributed by atoms with E-state index in [1.807, 2.05) is 38.2 Å². The number of fused-ring (bicyclic) bond motifs is 4. The molecule has 0 N–H and O–H groups in total. The predicted molar refractivity (Wildman–Crippen MR) is 247 cm³/mol. The van der Waals surface area contributed by atoms with Crippen LogP contribution in [0.5, 0.6) is 0 Å². The number of hydrogen-bond donors (Lipinski definition) is 0. The first kappa shape index (κ1) is 36.0. The average molecular weight is 968 g/mol. The van der Waals surface area contributed by atoms with Gasteiger partial charge in [0.25, 0.3) is 0 Å². The van der Waals surface area contributed by atoms with Crippen LogP contribution in [0, 0.1) is 24.4 Å². The van der Waals surface area contributed by atoms with Gasteiger partial charge in [-0.1, -0.05) is 146 Å². The molecule has 8 rings (SSSR count). The second kappa shape index (κ2) is 17.0. The van der Waals surface area contributed by atoms with E-state index in [9.17, 15) is 0 Å². The molecule has 3 nitrogen and oxygen atoms in total. The van der Waals surface area contributed by atoms with Gasteiger partial charge in [0.2, 0.25) is 0 Å². The summed E-state index contributed by atoms with van der Waals surface area (Å²) >= 11 is 1.83. The van der Waals surface area contributed by atoms with Crippen LogP contribution in [0.2, 0.25) is 19.6 Å². The molecule has 57 heavy (non-hydrogen) atoms. The van der Waals surface area contributed by atoms with Crippen LogP contribution in [-0.2, 0) is 26.5 Å². The summed E-state index contributed by atoms with van der Waals surface area (Å²) in [5.41, 5.74) is 8.96. The van der Waals surface area contributed by atoms with E-state index in [1.54, 1.807) is 18.3 Å². The summed E-state index contributed by atoms with van der Waals surface area (Å²) in [7, 11) is -1.81. The number of aryl methyl sites for hydroxylation is 1. The van der Waals surface area contributed by atoms with Gasteiger partial charge in [0.1, 0.15) is 0 Å². The quantitative estimate of drug-likeness (QED) is 0.118. The predicted octanol–water partition coefficient (Wildman–Crippen LogP) is 14.9. The van der Waals surface area contributed by atoms with Crippen molar-refractivity contribution in [1.29, 1.82) is 0 Å². The van der Waals surface area contributed by atoms with Gasteiger partial charge in [-0.15, -0.1) is 46.5 Å². The zero-order chi connectivity index (χ0) is 44.2. The normalized spacial score (nSPS) is 15.8. The Balaban J connectivity index is 0.000000210. The second-order valence-electron chi connectivity index (χ2n) is 17.5. The average Bonchev–Trinajstić information content (AvgIpc) is 3.78. The number of pyridine rings is 1. The molecule has 1 aliphatic rings. The Labute approximate surface area is 367 Å². The molecule has 2 aromatic heterocycles. The van der Waals surface area contributed by atoms with Crippen LogP contribution >= 0.6 is 11.3 Å². The number of hydrogen-bond acceptors (Lipinski definition) is 3. The monoisotopic (exact) mass is 968 g/mol. The molecule has 0 saturated heterocycles. The Bertz CT molecular complexity index is 2670. The molecule has 0 radical (unpaired) electrons. The minimum Gasteiger partial charge on any atom is -0.661 e. The summed E-state index contributed by atoms with van der Waals surface area (Å²) in [4.78, 5) is 7.02. The van der Waals surface area contributed by atoms with E-state index in [4.69, 9.17) is 12.2 Å². The Morgan fingerprint density at radius 2 is 1.54 bits per heavy atom. The van der Waals surface area contributed by atoms with Crippen molar-refractivity contribution in [3.63, 3.8) is 0 Å². The summed E-state index contributed by atoms with van der Waals surface area (Å²) in [6.07, 6.45) is 0.128. The van der Waals surface area contributed by atoms with Crippen molar-refractivity contribution in [3.8, 4) is 11.3 Å². The molecular formula is C51H56IrN3SSi. The van der Waals surface area contributed by atoms with Crippen molar-refractivity contribution in [2.45, 2.75) is 99.3 Å². The van der Waals surface area contributed by atoms with Gasteiger partial charge < -0.3 is 15.2 Å². The molecule has 1 aliphatic heterocycles. The molecule has 0 amide bonds. The maximum atomic E-state index is 8.79. The Morgan fingerprint density at radius 1 is 0.842 bits per heavy atom. The minimum absolute atomic E-state index is 0. The number of aromatic nitrogens is 1. The summed E-state index contributed by atoms with van der Waals surface area (Å²) < 4.78 is 42.6. The summed E-state index contributed by atoms with van der Waals surface area (Å²) in [5.74, 6) is 0.823. The van der Waals surface area contributed by atoms with E-state index >= 15 is 0 Å². The fourth-order valence-corrected chi connectivity index (χ4v) is 9.93. The zero-order valence-corrected chi connectivity index (χ0v) is 38.9. The van der Waals surface area contributed by atoms with Crippen molar-refractivity contribution in [3.05, 3.63) is 155 Å². The number of nitrogens with zero attached hydrogens (tertiary/aromatic N) is 3. The van der Waals surface area contributed by atoms with Crippen molar-refractivity contribution >= 4 is 61.8 Å². The number of anilines is 2. The molecule has 7 aromatic rings. The largest absolute Gasteiger partial charge is 3.00 e. The third kappa shape index (κ3) is 9.16. The van der Waals surface area contributed by atoms with Crippen LogP contribution in [0.15, 0.2) is 109 Å². The molecule has 0 fully saturated rings. The van der Waals surface area contributed by atoms with Crippen LogP contribution in [0.1, 0.15) is 101 Å². The number of rotatable bonds is 7. The second-order valence-corrected chi connectivity index (χ2v) is 23.6. The smallest absolute Gasteiger partial charge is 0.661 e. The zero-order valence-electron chi connectivity index (χ0n) is 39.7. The van der Waals surface area contributed by atoms with Crippen molar-refractivity contribution in [2.24, 2.45) is 5.41 Å². The van der Waals surface area contributed by atoms with Gasteiger partial charge in [0.05, 0.1) is 8.07 Å². The van der Waals surface area contributed by atoms with Crippen molar-refractivity contribution in [1.82, 2.24) is 4.98 Å². The van der Waals surface area contributed by atoms with Crippen LogP contribution in [0.3, 0.4) is 0 Å². The number of benzene rings is 5. The Kier molecular flexibility index (Phi) is 10.8. The van der Waals surface area contributed by atoms with E-state index in [0.717, 1.165) is 16.4 Å². The van der Waals surface area contributed by atoms with Crippen molar-refractivity contribution < 1.29 is 27.0 Å². The molecule has 3 heterocycles. The summed E-state index contributed by atoms with van der Waals surface area (Å²) in [5, 5.41) is 8.86. The maximum absolute atomic E-state index is 8.79. The van der Waals surface area contributed by atoms with E-state index < -0.39 is 26.7 Å². The third-order valence-corrected chi connectivity index (χ3v) is 13.3. The van der Waals surface area contributed by atoms with Gasteiger partial charge in [-0.25, -0.2) is 11.3 Å². The molecule has 0 bridgehead atoms. The van der Waals surface area contributed by atoms with Crippen LogP contribution in [0.25, 0.3) is 36.7 Å². The van der Waals surface area contributed by atoms with Gasteiger partial charge in [-0.2, -0.15) is 23.8 Å². The summed E-state index contributed by atoms with van der Waals surface area (Å²) in [6, 6.07) is 41.6. The van der Waals surface area contributed by atoms with Gasteiger partial charge in [0, 0.05) is 29.1 Å². The van der Waals surface area contributed by atoms with Gasteiger partial charge >= 0.3 is 20.1 Å². The fraction of sp³-hybridized carbons (Fsp3) is 0.314. The topological polar surface area (TPSA) is 30.2 Å². The van der Waals surface area contributed by atoms with Crippen LogP contribution in [-0.4, -0.2) is 13.1 Å². The summed E-state index contributed by atoms with van der Waals surface area (Å²) in [6.45, 7) is 19.2. The first-order valence-corrected chi connectivity index (χ1v) is 24.0. The molecule has 294 valence electrons. The van der Waals surface area contributed by atoms with Gasteiger partial charge in [-0.05, 0) is 69.3 Å². The van der Waals surface area contributed by atoms with Crippen LogP contribution < -0.4 is 10.1 Å². The van der Waals surface area contributed by atoms with Crippen LogP contribution in [0.4, 0.5) is 17.1 Å². The van der Waals surface area contributed by atoms with Gasteiger partial charge in [0.15, 0.2) is 0 Å². The van der Waals surface area contributed by atoms with Gasteiger partial charge in [-0.3, -0.25) is 0 Å². The molecular weight excluding hydrogens is 907 g/mol. The van der Waals surface area contributed by atoms with E-state index in [-0.39, 0.29) is 31.8 Å².